The zero-order valence-corrected chi connectivity index (χ0v) is 13.6. The molecular weight excluding hydrogens is 288 g/mol. The molecule has 0 heterocycles. The third-order valence-electron chi connectivity index (χ3n) is 6.20. The lowest BCUT2D eigenvalue weighted by Crippen LogP contribution is -2.60. The van der Waals surface area contributed by atoms with Crippen LogP contribution in [0.15, 0.2) is 0 Å². The van der Waals surface area contributed by atoms with Gasteiger partial charge < -0.3 is 9.95 Å². The minimum atomic E-state index is -0.823. The average Bonchev–Trinajstić information content (AvgIpc) is 2.48. The number of hydrogen-bond acceptors (Lipinski definition) is 3. The van der Waals surface area contributed by atoms with Gasteiger partial charge in [-0.2, -0.15) is 5.26 Å². The van der Waals surface area contributed by atoms with Gasteiger partial charge in [0.2, 0.25) is 6.04 Å². The van der Waals surface area contributed by atoms with Crippen LogP contribution in [0.2, 0.25) is 0 Å². The van der Waals surface area contributed by atoms with Gasteiger partial charge in [0.05, 0.1) is 5.60 Å². The molecule has 2 N–H and O–H groups in total. The number of nitriles is 1. The van der Waals surface area contributed by atoms with Crippen LogP contribution in [0.5, 0.6) is 0 Å². The Bertz CT molecular complexity index is 568. The minimum Gasteiger partial charge on any atom is -0.390 e. The van der Waals surface area contributed by atoms with Crippen LogP contribution in [-0.2, 0) is 0 Å². The van der Waals surface area contributed by atoms with Gasteiger partial charge >= 0.3 is 6.04 Å². The average molecular weight is 312 g/mol. The Labute approximate surface area is 138 Å². The first-order valence-corrected chi connectivity index (χ1v) is 8.51. The molecule has 0 aromatic rings. The van der Waals surface area contributed by atoms with E-state index in [0.717, 1.165) is 32.1 Å². The van der Waals surface area contributed by atoms with Crippen LogP contribution < -0.4 is 5.32 Å². The van der Waals surface area contributed by atoms with Crippen LogP contribution in [0.1, 0.15) is 45.4 Å². The smallest absolute Gasteiger partial charge is 0.329 e. The van der Waals surface area contributed by atoms with E-state index in [4.69, 9.17) is 13.1 Å². The lowest BCUT2D eigenvalue weighted by molar-refractivity contribution is -0.162. The molecule has 122 valence electrons. The van der Waals surface area contributed by atoms with Gasteiger partial charge in [0.1, 0.15) is 0 Å². The highest BCUT2D eigenvalue weighted by molar-refractivity contribution is 5.13. The molecular formula is C18H24N4O. The van der Waals surface area contributed by atoms with Crippen LogP contribution in [-0.4, -0.2) is 35.4 Å². The molecule has 0 saturated heterocycles. The molecule has 0 aliphatic heterocycles. The fourth-order valence-electron chi connectivity index (χ4n) is 5.76. The van der Waals surface area contributed by atoms with Gasteiger partial charge in [0.25, 0.3) is 0 Å². The van der Waals surface area contributed by atoms with Gasteiger partial charge in [-0.05, 0) is 55.8 Å². The van der Waals surface area contributed by atoms with E-state index in [1.165, 1.54) is 6.42 Å². The van der Waals surface area contributed by atoms with E-state index in [0.29, 0.717) is 18.4 Å². The molecule has 5 nitrogen and oxygen atoms in total. The van der Waals surface area contributed by atoms with Crippen molar-refractivity contribution in [3.8, 4) is 6.07 Å². The van der Waals surface area contributed by atoms with Gasteiger partial charge in [0, 0.05) is 13.5 Å². The Morgan fingerprint density at radius 2 is 1.91 bits per heavy atom. The Morgan fingerprint density at radius 1 is 1.26 bits per heavy atom. The maximum Gasteiger partial charge on any atom is 0.329 e. The van der Waals surface area contributed by atoms with E-state index >= 15 is 0 Å². The predicted molar refractivity (Wildman–Crippen MR) is 85.9 cm³/mol. The van der Waals surface area contributed by atoms with Crippen LogP contribution in [0, 0.1) is 41.7 Å². The number of nitrogens with zero attached hydrogens (tertiary/aromatic N) is 3. The summed E-state index contributed by atoms with van der Waals surface area (Å²) in [4.78, 5) is 6.92. The quantitative estimate of drug-likeness (QED) is 0.766. The second-order valence-electron chi connectivity index (χ2n) is 8.16. The van der Waals surface area contributed by atoms with Crippen LogP contribution >= 0.6 is 0 Å². The number of rotatable bonds is 5. The van der Waals surface area contributed by atoms with E-state index in [9.17, 15) is 10.4 Å². The molecule has 0 aromatic carbocycles. The van der Waals surface area contributed by atoms with Crippen molar-refractivity contribution >= 4 is 0 Å². The fourth-order valence-corrected chi connectivity index (χ4v) is 5.76. The van der Waals surface area contributed by atoms with Crippen molar-refractivity contribution in [1.82, 2.24) is 5.32 Å². The monoisotopic (exact) mass is 312 g/mol. The molecule has 4 aliphatic carbocycles. The largest absolute Gasteiger partial charge is 0.390 e. The minimum absolute atomic E-state index is 0.0842. The van der Waals surface area contributed by atoms with Crippen molar-refractivity contribution in [2.75, 3.05) is 6.54 Å². The van der Waals surface area contributed by atoms with Gasteiger partial charge in [-0.3, -0.25) is 10.2 Å². The lowest BCUT2D eigenvalue weighted by Gasteiger charge is -2.60. The molecule has 0 amide bonds. The molecule has 4 rings (SSSR count). The fraction of sp³-hybridized carbons (Fsp3) is 0.833. The van der Waals surface area contributed by atoms with E-state index in [2.05, 4.69) is 15.0 Å². The summed E-state index contributed by atoms with van der Waals surface area (Å²) >= 11 is 0. The van der Waals surface area contributed by atoms with Crippen molar-refractivity contribution in [2.24, 2.45) is 17.3 Å². The van der Waals surface area contributed by atoms with Crippen molar-refractivity contribution < 1.29 is 5.11 Å². The van der Waals surface area contributed by atoms with Gasteiger partial charge in [-0.1, -0.05) is 0 Å². The first-order chi connectivity index (χ1) is 10.9. The molecule has 5 atom stereocenters. The zero-order valence-electron chi connectivity index (χ0n) is 13.6. The van der Waals surface area contributed by atoms with Crippen molar-refractivity contribution in [1.29, 1.82) is 5.26 Å². The molecule has 0 aromatic heterocycles. The topological polar surface area (TPSA) is 64.8 Å². The highest BCUT2D eigenvalue weighted by Crippen LogP contribution is 2.61. The molecule has 0 spiro atoms. The Balaban J connectivity index is 1.73. The summed E-state index contributed by atoms with van der Waals surface area (Å²) in [5.41, 5.74) is -0.415. The second-order valence-corrected chi connectivity index (χ2v) is 8.16. The van der Waals surface area contributed by atoms with Crippen LogP contribution in [0.4, 0.5) is 0 Å². The zero-order chi connectivity index (χ0) is 16.7. The third-order valence-corrected chi connectivity index (χ3v) is 6.20. The summed E-state index contributed by atoms with van der Waals surface area (Å²) in [6.45, 7) is 16.9. The van der Waals surface area contributed by atoms with Crippen molar-refractivity contribution in [3.63, 3.8) is 0 Å². The lowest BCUT2D eigenvalue weighted by atomic mass is 9.48. The van der Waals surface area contributed by atoms with Crippen LogP contribution in [0.3, 0.4) is 0 Å². The number of hydrogen-bond donors (Lipinski definition) is 2. The molecule has 4 aliphatic rings. The van der Waals surface area contributed by atoms with E-state index in [1.54, 1.807) is 6.92 Å². The number of nitrogens with one attached hydrogen (secondary N) is 1. The summed E-state index contributed by atoms with van der Waals surface area (Å²) in [5, 5.41) is 23.4. The van der Waals surface area contributed by atoms with Gasteiger partial charge in [-0.15, -0.1) is 0 Å². The normalized spacial score (nSPS) is 41.3. The van der Waals surface area contributed by atoms with Gasteiger partial charge in [0.15, 0.2) is 12.1 Å². The summed E-state index contributed by atoms with van der Waals surface area (Å²) in [6.07, 6.45) is 6.22. The SMILES string of the molecule is [C-]#[N+]C(C)C(NCC12CC3CC(CC(O)(C3)C1)C2)C(C#N)[N+]#[C-]. The molecule has 5 unspecified atom stereocenters. The molecule has 4 bridgehead atoms. The summed E-state index contributed by atoms with van der Waals surface area (Å²) < 4.78 is 0. The molecule has 0 radical (unpaired) electrons. The molecule has 5 heteroatoms. The molecule has 23 heavy (non-hydrogen) atoms. The van der Waals surface area contributed by atoms with Gasteiger partial charge in [-0.25, -0.2) is 13.1 Å². The Morgan fingerprint density at radius 3 is 2.39 bits per heavy atom. The standard InChI is InChI=1S/C18H24N4O/c1-12(20-2)16(15(9-19)21-3)22-11-17-5-13-4-14(6-17)8-18(23,7-13)10-17/h12-16,22-23H,4-8,10-11H2,1H3. The maximum absolute atomic E-state index is 10.8. The molecule has 4 saturated carbocycles. The molecule has 4 fully saturated rings. The first kappa shape index (κ1) is 16.3. The van der Waals surface area contributed by atoms with Crippen molar-refractivity contribution in [2.45, 2.75) is 69.2 Å². The summed E-state index contributed by atoms with van der Waals surface area (Å²) in [5.74, 6) is 1.24. The predicted octanol–water partition coefficient (Wildman–Crippen LogP) is 2.40. The second kappa shape index (κ2) is 5.79. The maximum atomic E-state index is 10.8. The Hall–Kier alpha value is -1.61. The number of aliphatic hydroxyl groups is 1. The third kappa shape index (κ3) is 2.94. The van der Waals surface area contributed by atoms with E-state index in [1.807, 2.05) is 6.07 Å². The summed E-state index contributed by atoms with van der Waals surface area (Å²) in [6, 6.07) is 0.384. The highest BCUT2D eigenvalue weighted by atomic mass is 16.3. The van der Waals surface area contributed by atoms with Crippen molar-refractivity contribution in [3.05, 3.63) is 22.8 Å². The Kier molecular flexibility index (Phi) is 4.09. The van der Waals surface area contributed by atoms with Crippen LogP contribution in [0.25, 0.3) is 9.69 Å². The highest BCUT2D eigenvalue weighted by Gasteiger charge is 2.57. The first-order valence-electron chi connectivity index (χ1n) is 8.51. The van der Waals surface area contributed by atoms with E-state index < -0.39 is 23.7 Å². The van der Waals surface area contributed by atoms with E-state index in [-0.39, 0.29) is 5.41 Å². The summed E-state index contributed by atoms with van der Waals surface area (Å²) in [7, 11) is 0.